The number of aryl methyl sites for hydroxylation is 1. The number of nitrogens with one attached hydrogen (secondary N) is 2. The van der Waals surface area contributed by atoms with Gasteiger partial charge in [-0.05, 0) is 41.3 Å². The van der Waals surface area contributed by atoms with Gasteiger partial charge in [0.25, 0.3) is 5.69 Å². The molecule has 0 bridgehead atoms. The minimum absolute atomic E-state index is 0.0997. The maximum absolute atomic E-state index is 12.1. The summed E-state index contributed by atoms with van der Waals surface area (Å²) in [6.07, 6.45) is -0.555. The van der Waals surface area contributed by atoms with Crippen LogP contribution in [0.5, 0.6) is 0 Å². The molecule has 0 fully saturated rings. The second-order valence-corrected chi connectivity index (χ2v) is 6.84. The number of aliphatic hydroxyl groups is 1. The molecule has 0 aliphatic carbocycles. The molecule has 0 heterocycles. The summed E-state index contributed by atoms with van der Waals surface area (Å²) in [5.74, 6) is -1.73. The smallest absolute Gasteiger partial charge is 0.313 e. The van der Waals surface area contributed by atoms with Crippen molar-refractivity contribution in [3.8, 4) is 0 Å². The van der Waals surface area contributed by atoms with Crippen LogP contribution in [-0.4, -0.2) is 28.4 Å². The molecule has 1 atom stereocenters. The Morgan fingerprint density at radius 1 is 1.07 bits per heavy atom. The Morgan fingerprint density at radius 2 is 1.80 bits per heavy atom. The monoisotopic (exact) mass is 407 g/mol. The van der Waals surface area contributed by atoms with Crippen molar-refractivity contribution in [3.05, 3.63) is 81.9 Å². The number of nitro benzene ring substituents is 1. The first-order valence-electron chi connectivity index (χ1n) is 9.37. The zero-order valence-electron chi connectivity index (χ0n) is 16.3. The lowest BCUT2D eigenvalue weighted by molar-refractivity contribution is -0.384. The quantitative estimate of drug-likeness (QED) is 0.329. The fourth-order valence-corrected chi connectivity index (χ4v) is 3.18. The predicted octanol–water partition coefficient (Wildman–Crippen LogP) is 3.23. The van der Waals surface area contributed by atoms with Crippen molar-refractivity contribution in [3.63, 3.8) is 0 Å². The van der Waals surface area contributed by atoms with Crippen molar-refractivity contribution in [1.82, 2.24) is 5.32 Å². The number of aliphatic hydroxyl groups excluding tert-OH is 1. The van der Waals surface area contributed by atoms with Crippen LogP contribution in [0.3, 0.4) is 0 Å². The molecule has 3 aromatic carbocycles. The fourth-order valence-electron chi connectivity index (χ4n) is 3.18. The number of non-ortho nitro benzene ring substituents is 1. The summed E-state index contributed by atoms with van der Waals surface area (Å²) in [6, 6.07) is 17.3. The van der Waals surface area contributed by atoms with Crippen LogP contribution < -0.4 is 10.6 Å². The lowest BCUT2D eigenvalue weighted by Crippen LogP contribution is -2.36. The lowest BCUT2D eigenvalue weighted by Gasteiger charge is -2.14. The van der Waals surface area contributed by atoms with Gasteiger partial charge in [0.2, 0.25) is 0 Å². The Kier molecular flexibility index (Phi) is 6.38. The van der Waals surface area contributed by atoms with E-state index in [2.05, 4.69) is 10.6 Å². The van der Waals surface area contributed by atoms with E-state index in [1.165, 1.54) is 18.2 Å². The number of hydrogen-bond donors (Lipinski definition) is 3. The molecule has 3 N–H and O–H groups in total. The molecule has 0 radical (unpaired) electrons. The minimum atomic E-state index is -0.883. The molecule has 30 heavy (non-hydrogen) atoms. The third kappa shape index (κ3) is 4.79. The average Bonchev–Trinajstić information content (AvgIpc) is 2.74. The van der Waals surface area contributed by atoms with E-state index in [4.69, 9.17) is 0 Å². The molecule has 3 aromatic rings. The van der Waals surface area contributed by atoms with Gasteiger partial charge in [0, 0.05) is 24.4 Å². The summed E-state index contributed by atoms with van der Waals surface area (Å²) in [5, 5.41) is 28.1. The molecule has 0 spiro atoms. The van der Waals surface area contributed by atoms with Gasteiger partial charge in [-0.2, -0.15) is 0 Å². The number of amides is 2. The molecule has 0 aromatic heterocycles. The number of rotatable bonds is 6. The van der Waals surface area contributed by atoms with Gasteiger partial charge >= 0.3 is 11.8 Å². The maximum atomic E-state index is 12.1. The zero-order valence-corrected chi connectivity index (χ0v) is 16.3. The van der Waals surface area contributed by atoms with Crippen LogP contribution in [-0.2, 0) is 9.59 Å². The Balaban J connectivity index is 1.55. The second kappa shape index (κ2) is 9.15. The summed E-state index contributed by atoms with van der Waals surface area (Å²) in [7, 11) is 0. The molecular weight excluding hydrogens is 386 g/mol. The number of benzene rings is 3. The highest BCUT2D eigenvalue weighted by Crippen LogP contribution is 2.26. The van der Waals surface area contributed by atoms with E-state index in [1.54, 1.807) is 6.92 Å². The van der Waals surface area contributed by atoms with E-state index in [0.717, 1.165) is 16.3 Å². The van der Waals surface area contributed by atoms with E-state index < -0.39 is 22.8 Å². The molecule has 8 heteroatoms. The first kappa shape index (κ1) is 20.9. The van der Waals surface area contributed by atoms with E-state index in [0.29, 0.717) is 11.3 Å². The van der Waals surface area contributed by atoms with Crippen LogP contribution in [0.25, 0.3) is 10.8 Å². The van der Waals surface area contributed by atoms with Crippen molar-refractivity contribution >= 4 is 34.0 Å². The van der Waals surface area contributed by atoms with Crippen LogP contribution in [0.15, 0.2) is 60.7 Å². The highest BCUT2D eigenvalue weighted by Gasteiger charge is 2.17. The average molecular weight is 407 g/mol. The van der Waals surface area contributed by atoms with Crippen LogP contribution in [0, 0.1) is 17.0 Å². The Bertz CT molecular complexity index is 1110. The third-order valence-corrected chi connectivity index (χ3v) is 4.76. The molecule has 154 valence electrons. The van der Waals surface area contributed by atoms with Gasteiger partial charge in [-0.1, -0.05) is 42.5 Å². The number of fused-ring (bicyclic) bond motifs is 1. The van der Waals surface area contributed by atoms with Gasteiger partial charge < -0.3 is 15.7 Å². The van der Waals surface area contributed by atoms with Crippen molar-refractivity contribution in [2.45, 2.75) is 19.4 Å². The topological polar surface area (TPSA) is 122 Å². The minimum Gasteiger partial charge on any atom is -0.388 e. The maximum Gasteiger partial charge on any atom is 0.313 e. The Hall–Kier alpha value is -3.78. The number of carbonyl (C=O) groups is 2. The normalized spacial score (nSPS) is 11.7. The number of anilines is 1. The van der Waals surface area contributed by atoms with E-state index >= 15 is 0 Å². The van der Waals surface area contributed by atoms with Crippen LogP contribution in [0.1, 0.15) is 23.7 Å². The van der Waals surface area contributed by atoms with Crippen molar-refractivity contribution in [1.29, 1.82) is 0 Å². The molecule has 2 amide bonds. The molecule has 0 aliphatic heterocycles. The molecule has 0 aliphatic rings. The fraction of sp³-hybridized carbons (Fsp3) is 0.182. The van der Waals surface area contributed by atoms with E-state index in [9.17, 15) is 24.8 Å². The van der Waals surface area contributed by atoms with Gasteiger partial charge in [0.15, 0.2) is 0 Å². The van der Waals surface area contributed by atoms with Gasteiger partial charge in [0.05, 0.1) is 11.0 Å². The third-order valence-electron chi connectivity index (χ3n) is 4.76. The number of nitro groups is 1. The van der Waals surface area contributed by atoms with Crippen LogP contribution in [0.4, 0.5) is 11.4 Å². The Labute approximate surface area is 172 Å². The van der Waals surface area contributed by atoms with Crippen LogP contribution >= 0.6 is 0 Å². The van der Waals surface area contributed by atoms with Gasteiger partial charge in [-0.3, -0.25) is 19.7 Å². The highest BCUT2D eigenvalue weighted by atomic mass is 16.6. The SMILES string of the molecule is Cc1cc([N+](=O)[O-])ccc1NC(=O)C(=O)NCCC(O)c1cccc2ccccc12. The number of nitrogens with zero attached hydrogens (tertiary/aromatic N) is 1. The van der Waals surface area contributed by atoms with Gasteiger partial charge in [0.1, 0.15) is 0 Å². The summed E-state index contributed by atoms with van der Waals surface area (Å²) in [6.45, 7) is 1.71. The molecule has 1 unspecified atom stereocenters. The summed E-state index contributed by atoms with van der Waals surface area (Å²) in [5.41, 5.74) is 1.44. The molecule has 0 saturated heterocycles. The first-order chi connectivity index (χ1) is 14.4. The highest BCUT2D eigenvalue weighted by molar-refractivity contribution is 6.39. The molecule has 3 rings (SSSR count). The van der Waals surface area contributed by atoms with E-state index in [1.807, 2.05) is 42.5 Å². The van der Waals surface area contributed by atoms with Crippen molar-refractivity contribution < 1.29 is 19.6 Å². The summed E-state index contributed by atoms with van der Waals surface area (Å²) < 4.78 is 0. The summed E-state index contributed by atoms with van der Waals surface area (Å²) >= 11 is 0. The first-order valence-corrected chi connectivity index (χ1v) is 9.37. The lowest BCUT2D eigenvalue weighted by atomic mass is 9.99. The number of carbonyl (C=O) groups excluding carboxylic acids is 2. The zero-order chi connectivity index (χ0) is 21.7. The van der Waals surface area contributed by atoms with Gasteiger partial charge in [-0.25, -0.2) is 0 Å². The van der Waals surface area contributed by atoms with Crippen LogP contribution in [0.2, 0.25) is 0 Å². The predicted molar refractivity (Wildman–Crippen MR) is 113 cm³/mol. The van der Waals surface area contributed by atoms with E-state index in [-0.39, 0.29) is 18.7 Å². The standard InChI is InChI=1S/C22H21N3O5/c1-14-13-16(25(29)30)9-10-19(14)24-22(28)21(27)23-12-11-20(26)18-8-4-6-15-5-2-3-7-17(15)18/h2-10,13,20,26H,11-12H2,1H3,(H,23,27)(H,24,28). The van der Waals surface area contributed by atoms with Crippen molar-refractivity contribution in [2.24, 2.45) is 0 Å². The van der Waals surface area contributed by atoms with Crippen molar-refractivity contribution in [2.75, 3.05) is 11.9 Å². The molecule has 0 saturated carbocycles. The Morgan fingerprint density at radius 3 is 2.53 bits per heavy atom. The summed E-state index contributed by atoms with van der Waals surface area (Å²) in [4.78, 5) is 34.4. The molecule has 8 nitrogen and oxygen atoms in total. The second-order valence-electron chi connectivity index (χ2n) is 6.84. The van der Waals surface area contributed by atoms with Gasteiger partial charge in [-0.15, -0.1) is 0 Å². The largest absolute Gasteiger partial charge is 0.388 e. The molecular formula is C22H21N3O5. The number of hydrogen-bond acceptors (Lipinski definition) is 5.